The number of aliphatic hydroxyl groups excluding tert-OH is 1. The van der Waals surface area contributed by atoms with Crippen LogP contribution < -0.4 is 0 Å². The van der Waals surface area contributed by atoms with E-state index in [1.54, 1.807) is 0 Å². The summed E-state index contributed by atoms with van der Waals surface area (Å²) >= 11 is 0. The van der Waals surface area contributed by atoms with Crippen LogP contribution in [0.15, 0.2) is 16.4 Å². The van der Waals surface area contributed by atoms with Crippen LogP contribution in [0.4, 0.5) is 5.69 Å². The van der Waals surface area contributed by atoms with Crippen molar-refractivity contribution in [1.29, 1.82) is 0 Å². The fourth-order valence-electron chi connectivity index (χ4n) is 0.865. The maximum atomic E-state index is 10.9. The van der Waals surface area contributed by atoms with Gasteiger partial charge in [0.15, 0.2) is 11.5 Å². The lowest BCUT2D eigenvalue weighted by atomic mass is 10.3. The van der Waals surface area contributed by atoms with Crippen molar-refractivity contribution in [2.75, 3.05) is 0 Å². The first kappa shape index (κ1) is 6.99. The van der Waals surface area contributed by atoms with E-state index in [0.717, 1.165) is 0 Å². The molecule has 0 radical (unpaired) electrons. The van der Waals surface area contributed by atoms with Gasteiger partial charge in [-0.1, -0.05) is 0 Å². The number of hydrogen-bond donors (Lipinski definition) is 1. The number of rotatable bonds is 1. The van der Waals surface area contributed by atoms with Gasteiger partial charge in [-0.05, 0) is 0 Å². The zero-order chi connectivity index (χ0) is 8.55. The van der Waals surface area contributed by atoms with Crippen molar-refractivity contribution < 1.29 is 9.90 Å². The van der Waals surface area contributed by atoms with Gasteiger partial charge in [-0.15, -0.1) is 10.2 Å². The minimum absolute atomic E-state index is 0.161. The summed E-state index contributed by atoms with van der Waals surface area (Å²) in [4.78, 5) is 18.4. The Morgan fingerprint density at radius 1 is 1.42 bits per heavy atom. The van der Waals surface area contributed by atoms with E-state index < -0.39 is 5.91 Å². The second kappa shape index (κ2) is 2.42. The number of carbonyl (C=O) groups excluding carboxylic acids is 1. The molecule has 2 rings (SSSR count). The van der Waals surface area contributed by atoms with Crippen molar-refractivity contribution in [2.45, 2.75) is 6.61 Å². The van der Waals surface area contributed by atoms with E-state index in [1.165, 1.54) is 6.20 Å². The largest absolute Gasteiger partial charge is 0.388 e. The van der Waals surface area contributed by atoms with E-state index in [4.69, 9.17) is 5.11 Å². The number of azo groups is 1. The third kappa shape index (κ3) is 0.892. The quantitative estimate of drug-likeness (QED) is 0.642. The van der Waals surface area contributed by atoms with Crippen molar-refractivity contribution in [2.24, 2.45) is 10.2 Å². The van der Waals surface area contributed by atoms with Crippen molar-refractivity contribution >= 4 is 11.6 Å². The molecule has 6 heteroatoms. The number of fused-ring (bicyclic) bond motifs is 1. The molecule has 6 nitrogen and oxygen atoms in total. The molecule has 0 atom stereocenters. The van der Waals surface area contributed by atoms with Crippen molar-refractivity contribution in [3.8, 4) is 0 Å². The van der Waals surface area contributed by atoms with E-state index in [2.05, 4.69) is 20.2 Å². The van der Waals surface area contributed by atoms with Crippen LogP contribution in [0.2, 0.25) is 0 Å². The molecule has 0 spiro atoms. The van der Waals surface area contributed by atoms with E-state index in [-0.39, 0.29) is 18.1 Å². The van der Waals surface area contributed by atoms with Gasteiger partial charge in [0, 0.05) is 0 Å². The summed E-state index contributed by atoms with van der Waals surface area (Å²) in [5.74, 6) is -0.281. The Kier molecular flexibility index (Phi) is 1.41. The van der Waals surface area contributed by atoms with Gasteiger partial charge in [-0.2, -0.15) is 0 Å². The van der Waals surface area contributed by atoms with Crippen LogP contribution >= 0.6 is 0 Å². The topological polar surface area (TPSA) is 87.8 Å². The van der Waals surface area contributed by atoms with Gasteiger partial charge >= 0.3 is 5.91 Å². The van der Waals surface area contributed by atoms with Crippen LogP contribution in [-0.4, -0.2) is 21.0 Å². The van der Waals surface area contributed by atoms with Gasteiger partial charge < -0.3 is 5.11 Å². The molecular weight excluding hydrogens is 160 g/mol. The SMILES string of the molecule is O=C1N=Nc2cnc(CO)nc21. The molecule has 60 valence electrons. The van der Waals surface area contributed by atoms with Crippen LogP contribution in [0, 0.1) is 0 Å². The minimum atomic E-state index is -0.484. The predicted molar refractivity (Wildman–Crippen MR) is 36.8 cm³/mol. The zero-order valence-corrected chi connectivity index (χ0v) is 5.93. The van der Waals surface area contributed by atoms with E-state index in [0.29, 0.717) is 5.69 Å². The van der Waals surface area contributed by atoms with Gasteiger partial charge in [0.1, 0.15) is 12.3 Å². The second-order valence-corrected chi connectivity index (χ2v) is 2.18. The molecule has 1 aromatic rings. The molecular formula is C6H4N4O2. The Morgan fingerprint density at radius 2 is 2.25 bits per heavy atom. The summed E-state index contributed by atoms with van der Waals surface area (Å²) in [7, 11) is 0. The summed E-state index contributed by atoms with van der Waals surface area (Å²) in [6.07, 6.45) is 1.36. The summed E-state index contributed by atoms with van der Waals surface area (Å²) in [5.41, 5.74) is 0.520. The van der Waals surface area contributed by atoms with Crippen LogP contribution in [-0.2, 0) is 6.61 Å². The predicted octanol–water partition coefficient (Wildman–Crippen LogP) is 0.206. The Bertz CT molecular complexity index is 374. The fraction of sp³-hybridized carbons (Fsp3) is 0.167. The van der Waals surface area contributed by atoms with E-state index in [9.17, 15) is 4.79 Å². The molecule has 0 fully saturated rings. The Labute approximate surface area is 67.0 Å². The molecule has 1 N–H and O–H groups in total. The molecule has 0 saturated carbocycles. The number of aromatic nitrogens is 2. The van der Waals surface area contributed by atoms with E-state index >= 15 is 0 Å². The molecule has 0 aliphatic carbocycles. The van der Waals surface area contributed by atoms with Crippen molar-refractivity contribution in [3.63, 3.8) is 0 Å². The van der Waals surface area contributed by atoms with Gasteiger partial charge in [-0.3, -0.25) is 4.79 Å². The maximum Gasteiger partial charge on any atom is 0.316 e. The van der Waals surface area contributed by atoms with Crippen LogP contribution in [0.5, 0.6) is 0 Å². The third-order valence-corrected chi connectivity index (χ3v) is 1.41. The number of nitrogens with zero attached hydrogens (tertiary/aromatic N) is 4. The first-order chi connectivity index (χ1) is 5.81. The molecule has 0 aromatic carbocycles. The first-order valence-corrected chi connectivity index (χ1v) is 3.24. The molecule has 12 heavy (non-hydrogen) atoms. The third-order valence-electron chi connectivity index (χ3n) is 1.41. The lowest BCUT2D eigenvalue weighted by Gasteiger charge is -1.94. The molecule has 1 aromatic heterocycles. The van der Waals surface area contributed by atoms with Crippen molar-refractivity contribution in [3.05, 3.63) is 17.7 Å². The maximum absolute atomic E-state index is 10.9. The van der Waals surface area contributed by atoms with Gasteiger partial charge in [0.2, 0.25) is 0 Å². The number of hydrogen-bond acceptors (Lipinski definition) is 5. The van der Waals surface area contributed by atoms with Crippen LogP contribution in [0.3, 0.4) is 0 Å². The highest BCUT2D eigenvalue weighted by Gasteiger charge is 2.19. The summed E-state index contributed by atoms with van der Waals surface area (Å²) in [6, 6.07) is 0. The molecule has 1 amide bonds. The average Bonchev–Trinajstić information content (AvgIpc) is 2.47. The summed E-state index contributed by atoms with van der Waals surface area (Å²) in [6.45, 7) is -0.291. The molecule has 0 saturated heterocycles. The summed E-state index contributed by atoms with van der Waals surface area (Å²) in [5, 5.41) is 15.5. The smallest absolute Gasteiger partial charge is 0.316 e. The Hall–Kier alpha value is -1.69. The Morgan fingerprint density at radius 3 is 3.00 bits per heavy atom. The van der Waals surface area contributed by atoms with Crippen LogP contribution in [0.25, 0.3) is 0 Å². The van der Waals surface area contributed by atoms with Gasteiger partial charge in [0.25, 0.3) is 0 Å². The zero-order valence-electron chi connectivity index (χ0n) is 5.93. The highest BCUT2D eigenvalue weighted by atomic mass is 16.3. The first-order valence-electron chi connectivity index (χ1n) is 3.24. The number of carbonyl (C=O) groups is 1. The molecule has 0 bridgehead atoms. The summed E-state index contributed by atoms with van der Waals surface area (Å²) < 4.78 is 0. The normalized spacial score (nSPS) is 13.6. The number of aliphatic hydroxyl groups is 1. The van der Waals surface area contributed by atoms with Gasteiger partial charge in [0.05, 0.1) is 6.20 Å². The van der Waals surface area contributed by atoms with Gasteiger partial charge in [-0.25, -0.2) is 9.97 Å². The molecule has 2 heterocycles. The molecule has 0 unspecified atom stereocenters. The number of amides is 1. The van der Waals surface area contributed by atoms with Crippen molar-refractivity contribution in [1.82, 2.24) is 9.97 Å². The molecule has 1 aliphatic heterocycles. The van der Waals surface area contributed by atoms with E-state index in [1.807, 2.05) is 0 Å². The highest BCUT2D eigenvalue weighted by molar-refractivity contribution is 5.99. The average molecular weight is 164 g/mol. The second-order valence-electron chi connectivity index (χ2n) is 2.18. The Balaban J connectivity index is 2.55. The van der Waals surface area contributed by atoms with Crippen LogP contribution in [0.1, 0.15) is 16.3 Å². The molecule has 1 aliphatic rings. The monoisotopic (exact) mass is 164 g/mol. The lowest BCUT2D eigenvalue weighted by Crippen LogP contribution is -2.00. The lowest BCUT2D eigenvalue weighted by molar-refractivity contribution is 0.0997. The highest BCUT2D eigenvalue weighted by Crippen LogP contribution is 2.23. The minimum Gasteiger partial charge on any atom is -0.388 e. The fourth-order valence-corrected chi connectivity index (χ4v) is 0.865. The standard InChI is InChI=1S/C6H4N4O2/c11-2-4-7-1-3-5(8-4)6(12)10-9-3/h1,11H,2H2.